The van der Waals surface area contributed by atoms with Crippen molar-refractivity contribution in [1.82, 2.24) is 5.32 Å². The highest BCUT2D eigenvalue weighted by Gasteiger charge is 2.07. The van der Waals surface area contributed by atoms with Crippen LogP contribution in [0.25, 0.3) is 10.8 Å². The molecule has 1 N–H and O–H groups in total. The van der Waals surface area contributed by atoms with Gasteiger partial charge in [-0.15, -0.1) is 0 Å². The molecule has 0 aliphatic heterocycles. The highest BCUT2D eigenvalue weighted by Crippen LogP contribution is 2.27. The molecule has 94 valence electrons. The molecule has 2 aromatic rings. The van der Waals surface area contributed by atoms with Crippen LogP contribution >= 0.6 is 0 Å². The molecule has 0 saturated heterocycles. The second-order valence-corrected chi connectivity index (χ2v) is 4.53. The van der Waals surface area contributed by atoms with Crippen LogP contribution in [0.5, 0.6) is 5.75 Å². The third kappa shape index (κ3) is 2.71. The summed E-state index contributed by atoms with van der Waals surface area (Å²) in [5.74, 6) is 0.933. The molecular formula is C16H19NO. The summed E-state index contributed by atoms with van der Waals surface area (Å²) in [6.45, 7) is 7.53. The van der Waals surface area contributed by atoms with E-state index in [2.05, 4.69) is 42.2 Å². The molecule has 0 radical (unpaired) electrons. The molecule has 2 nitrogen and oxygen atoms in total. The first-order valence-electron chi connectivity index (χ1n) is 6.12. The molecule has 0 atom stereocenters. The number of ether oxygens (including phenoxy) is 1. The first-order valence-corrected chi connectivity index (χ1v) is 6.12. The number of fused-ring (bicyclic) bond motifs is 1. The van der Waals surface area contributed by atoms with Crippen molar-refractivity contribution < 1.29 is 4.74 Å². The summed E-state index contributed by atoms with van der Waals surface area (Å²) in [4.78, 5) is 0. The van der Waals surface area contributed by atoms with Gasteiger partial charge in [-0.3, -0.25) is 0 Å². The van der Waals surface area contributed by atoms with E-state index in [9.17, 15) is 0 Å². The largest absolute Gasteiger partial charge is 0.496 e. The molecule has 0 aromatic heterocycles. The van der Waals surface area contributed by atoms with Crippen LogP contribution in [-0.4, -0.2) is 13.7 Å². The Labute approximate surface area is 108 Å². The lowest BCUT2D eigenvalue weighted by Crippen LogP contribution is -2.16. The average Bonchev–Trinajstić information content (AvgIpc) is 2.38. The molecule has 0 fully saturated rings. The Kier molecular flexibility index (Phi) is 4.00. The van der Waals surface area contributed by atoms with E-state index in [1.54, 1.807) is 7.11 Å². The van der Waals surface area contributed by atoms with Gasteiger partial charge in [0.1, 0.15) is 5.75 Å². The lowest BCUT2D eigenvalue weighted by molar-refractivity contribution is 0.409. The van der Waals surface area contributed by atoms with Crippen molar-refractivity contribution in [3.8, 4) is 5.75 Å². The Morgan fingerprint density at radius 2 is 2.00 bits per heavy atom. The predicted octanol–water partition coefficient (Wildman–Crippen LogP) is 3.51. The monoisotopic (exact) mass is 241 g/mol. The van der Waals surface area contributed by atoms with Gasteiger partial charge in [0, 0.05) is 18.7 Å². The van der Waals surface area contributed by atoms with E-state index in [-0.39, 0.29) is 0 Å². The second-order valence-electron chi connectivity index (χ2n) is 4.53. The van der Waals surface area contributed by atoms with E-state index >= 15 is 0 Å². The van der Waals surface area contributed by atoms with Crippen LogP contribution in [0.1, 0.15) is 12.5 Å². The molecule has 2 heteroatoms. The van der Waals surface area contributed by atoms with E-state index < -0.39 is 0 Å². The Hall–Kier alpha value is -1.80. The van der Waals surface area contributed by atoms with Gasteiger partial charge in [0.15, 0.2) is 0 Å². The van der Waals surface area contributed by atoms with Crippen molar-refractivity contribution in [1.29, 1.82) is 0 Å². The van der Waals surface area contributed by atoms with Crippen molar-refractivity contribution in [3.05, 3.63) is 54.1 Å². The number of rotatable bonds is 5. The van der Waals surface area contributed by atoms with Crippen LogP contribution < -0.4 is 10.1 Å². The predicted molar refractivity (Wildman–Crippen MR) is 77.0 cm³/mol. The molecule has 0 unspecified atom stereocenters. The fourth-order valence-corrected chi connectivity index (χ4v) is 2.09. The van der Waals surface area contributed by atoms with Crippen LogP contribution in [-0.2, 0) is 6.54 Å². The number of hydrogen-bond donors (Lipinski definition) is 1. The molecule has 18 heavy (non-hydrogen) atoms. The molecular weight excluding hydrogens is 222 g/mol. The summed E-state index contributed by atoms with van der Waals surface area (Å²) >= 11 is 0. The van der Waals surface area contributed by atoms with Crippen LogP contribution in [0.3, 0.4) is 0 Å². The minimum Gasteiger partial charge on any atom is -0.496 e. The average molecular weight is 241 g/mol. The summed E-state index contributed by atoms with van der Waals surface area (Å²) in [5, 5.41) is 5.87. The van der Waals surface area contributed by atoms with E-state index in [0.29, 0.717) is 0 Å². The van der Waals surface area contributed by atoms with Gasteiger partial charge in [0.2, 0.25) is 0 Å². The maximum absolute atomic E-state index is 5.45. The number of methoxy groups -OCH3 is 1. The molecule has 2 aromatic carbocycles. The Morgan fingerprint density at radius 3 is 2.72 bits per heavy atom. The van der Waals surface area contributed by atoms with Crippen molar-refractivity contribution in [2.24, 2.45) is 0 Å². The number of nitrogens with one attached hydrogen (secondary N) is 1. The SMILES string of the molecule is C=C(C)CNCc1c(OC)ccc2ccccc12. The molecule has 0 heterocycles. The van der Waals surface area contributed by atoms with Gasteiger partial charge in [-0.1, -0.05) is 42.5 Å². The van der Waals surface area contributed by atoms with E-state index in [0.717, 1.165) is 24.4 Å². The van der Waals surface area contributed by atoms with Gasteiger partial charge < -0.3 is 10.1 Å². The molecule has 2 rings (SSSR count). The summed E-state index contributed by atoms with van der Waals surface area (Å²) < 4.78 is 5.45. The zero-order valence-corrected chi connectivity index (χ0v) is 11.0. The van der Waals surface area contributed by atoms with Crippen molar-refractivity contribution in [2.45, 2.75) is 13.5 Å². The highest BCUT2D eigenvalue weighted by atomic mass is 16.5. The summed E-state index contributed by atoms with van der Waals surface area (Å²) in [7, 11) is 1.71. The summed E-state index contributed by atoms with van der Waals surface area (Å²) in [5.41, 5.74) is 2.34. The van der Waals surface area contributed by atoms with Gasteiger partial charge in [-0.2, -0.15) is 0 Å². The number of hydrogen-bond acceptors (Lipinski definition) is 2. The molecule has 0 saturated carbocycles. The Bertz CT molecular complexity index is 560. The zero-order valence-electron chi connectivity index (χ0n) is 11.0. The van der Waals surface area contributed by atoms with Crippen LogP contribution in [0.4, 0.5) is 0 Å². The third-order valence-electron chi connectivity index (χ3n) is 2.95. The Morgan fingerprint density at radius 1 is 1.22 bits per heavy atom. The fraction of sp³-hybridized carbons (Fsp3) is 0.250. The lowest BCUT2D eigenvalue weighted by Gasteiger charge is -2.13. The van der Waals surface area contributed by atoms with E-state index in [1.807, 2.05) is 13.0 Å². The van der Waals surface area contributed by atoms with Crippen molar-refractivity contribution >= 4 is 10.8 Å². The zero-order chi connectivity index (χ0) is 13.0. The molecule has 0 bridgehead atoms. The summed E-state index contributed by atoms with van der Waals surface area (Å²) in [6, 6.07) is 12.5. The smallest absolute Gasteiger partial charge is 0.123 e. The van der Waals surface area contributed by atoms with Gasteiger partial charge >= 0.3 is 0 Å². The topological polar surface area (TPSA) is 21.3 Å². The van der Waals surface area contributed by atoms with Gasteiger partial charge in [-0.25, -0.2) is 0 Å². The fourth-order valence-electron chi connectivity index (χ4n) is 2.09. The first-order chi connectivity index (χ1) is 8.72. The highest BCUT2D eigenvalue weighted by molar-refractivity contribution is 5.87. The van der Waals surface area contributed by atoms with Gasteiger partial charge in [0.05, 0.1) is 7.11 Å². The minimum absolute atomic E-state index is 0.789. The maximum atomic E-state index is 5.45. The van der Waals surface area contributed by atoms with Crippen LogP contribution in [0.15, 0.2) is 48.6 Å². The minimum atomic E-state index is 0.789. The molecule has 0 amide bonds. The van der Waals surface area contributed by atoms with Crippen molar-refractivity contribution in [3.63, 3.8) is 0 Å². The van der Waals surface area contributed by atoms with Gasteiger partial charge in [-0.05, 0) is 23.8 Å². The standard InChI is InChI=1S/C16H19NO/c1-12(2)10-17-11-15-14-7-5-4-6-13(14)8-9-16(15)18-3/h4-9,17H,1,10-11H2,2-3H3. The Balaban J connectivity index is 2.35. The van der Waals surface area contributed by atoms with E-state index in [4.69, 9.17) is 4.74 Å². The van der Waals surface area contributed by atoms with Crippen molar-refractivity contribution in [2.75, 3.05) is 13.7 Å². The van der Waals surface area contributed by atoms with E-state index in [1.165, 1.54) is 16.3 Å². The van der Waals surface area contributed by atoms with Crippen LogP contribution in [0, 0.1) is 0 Å². The lowest BCUT2D eigenvalue weighted by atomic mass is 10.0. The quantitative estimate of drug-likeness (QED) is 0.809. The molecule has 0 aliphatic carbocycles. The second kappa shape index (κ2) is 5.69. The van der Waals surface area contributed by atoms with Crippen LogP contribution in [0.2, 0.25) is 0 Å². The molecule has 0 spiro atoms. The third-order valence-corrected chi connectivity index (χ3v) is 2.95. The number of benzene rings is 2. The van der Waals surface area contributed by atoms with Gasteiger partial charge in [0.25, 0.3) is 0 Å². The normalized spacial score (nSPS) is 10.6. The first kappa shape index (κ1) is 12.7. The maximum Gasteiger partial charge on any atom is 0.123 e. The summed E-state index contributed by atoms with van der Waals surface area (Å²) in [6.07, 6.45) is 0. The molecule has 0 aliphatic rings.